The predicted molar refractivity (Wildman–Crippen MR) is 97.5 cm³/mol. The summed E-state index contributed by atoms with van der Waals surface area (Å²) in [6.45, 7) is 6.22. The summed E-state index contributed by atoms with van der Waals surface area (Å²) in [5.74, 6) is 0.217. The Hall–Kier alpha value is -2.37. The van der Waals surface area contributed by atoms with Crippen molar-refractivity contribution in [2.75, 3.05) is 0 Å². The van der Waals surface area contributed by atoms with Gasteiger partial charge in [0.15, 0.2) is 5.58 Å². The van der Waals surface area contributed by atoms with E-state index in [-0.39, 0.29) is 22.8 Å². The van der Waals surface area contributed by atoms with Crippen molar-refractivity contribution in [3.05, 3.63) is 47.3 Å². The smallest absolute Gasteiger partial charge is 0.418 e. The molecule has 1 aliphatic rings. The van der Waals surface area contributed by atoms with Crippen LogP contribution >= 0.6 is 0 Å². The zero-order chi connectivity index (χ0) is 19.4. The molecule has 142 valence electrons. The van der Waals surface area contributed by atoms with Gasteiger partial charge in [0.2, 0.25) is 5.89 Å². The topological polar surface area (TPSA) is 38.9 Å². The highest BCUT2D eigenvalue weighted by molar-refractivity contribution is 5.78. The Morgan fingerprint density at radius 1 is 1.07 bits per heavy atom. The lowest BCUT2D eigenvalue weighted by Crippen LogP contribution is -2.14. The maximum atomic E-state index is 13.5. The van der Waals surface area contributed by atoms with E-state index in [0.717, 1.165) is 31.0 Å². The molecule has 0 N–H and O–H groups in total. The van der Waals surface area contributed by atoms with Crippen LogP contribution in [0.2, 0.25) is 0 Å². The minimum Gasteiger partial charge on any atom is -0.436 e. The first-order chi connectivity index (χ1) is 12.6. The van der Waals surface area contributed by atoms with Crippen LogP contribution in [0.4, 0.5) is 13.2 Å². The molecule has 27 heavy (non-hydrogen) atoms. The molecule has 1 fully saturated rings. The van der Waals surface area contributed by atoms with Crippen LogP contribution in [0.5, 0.6) is 0 Å². The van der Waals surface area contributed by atoms with Gasteiger partial charge < -0.3 is 4.42 Å². The molecule has 0 bridgehead atoms. The number of aromatic nitrogens is 2. The molecule has 2 heterocycles. The molecular formula is C21H21F3N2O. The van der Waals surface area contributed by atoms with E-state index in [1.165, 1.54) is 6.07 Å². The first-order valence-electron chi connectivity index (χ1n) is 9.11. The normalized spacial score (nSPS) is 15.9. The van der Waals surface area contributed by atoms with E-state index < -0.39 is 11.7 Å². The highest BCUT2D eigenvalue weighted by Crippen LogP contribution is 2.41. The SMILES string of the molecule is CC(C)(C)c1ccc2oc(-c3cc(C4CCC4)ncc3C(F)(F)F)nc2c1. The van der Waals surface area contributed by atoms with Gasteiger partial charge in [0.25, 0.3) is 0 Å². The molecule has 1 aromatic carbocycles. The lowest BCUT2D eigenvalue weighted by Gasteiger charge is -2.25. The highest BCUT2D eigenvalue weighted by atomic mass is 19.4. The van der Waals surface area contributed by atoms with Gasteiger partial charge in [-0.25, -0.2) is 4.98 Å². The Kier molecular flexibility index (Phi) is 4.05. The largest absolute Gasteiger partial charge is 0.436 e. The van der Waals surface area contributed by atoms with Crippen LogP contribution in [0.3, 0.4) is 0 Å². The fourth-order valence-corrected chi connectivity index (χ4v) is 3.31. The fraction of sp³-hybridized carbons (Fsp3) is 0.429. The first kappa shape index (κ1) is 18.0. The number of alkyl halides is 3. The minimum atomic E-state index is -4.52. The Morgan fingerprint density at radius 3 is 2.41 bits per heavy atom. The van der Waals surface area contributed by atoms with E-state index >= 15 is 0 Å². The predicted octanol–water partition coefficient (Wildman–Crippen LogP) is 6.47. The average molecular weight is 374 g/mol. The Balaban J connectivity index is 1.85. The molecule has 1 aliphatic carbocycles. The molecule has 4 rings (SSSR count). The van der Waals surface area contributed by atoms with Gasteiger partial charge in [0.1, 0.15) is 5.52 Å². The van der Waals surface area contributed by atoms with Gasteiger partial charge in [-0.15, -0.1) is 0 Å². The first-order valence-corrected chi connectivity index (χ1v) is 9.11. The zero-order valence-corrected chi connectivity index (χ0v) is 15.5. The average Bonchev–Trinajstić information content (AvgIpc) is 2.94. The van der Waals surface area contributed by atoms with Crippen LogP contribution in [0, 0.1) is 0 Å². The van der Waals surface area contributed by atoms with Gasteiger partial charge >= 0.3 is 6.18 Å². The van der Waals surface area contributed by atoms with Crippen molar-refractivity contribution in [1.29, 1.82) is 0 Å². The van der Waals surface area contributed by atoms with E-state index in [1.807, 2.05) is 12.1 Å². The summed E-state index contributed by atoms with van der Waals surface area (Å²) in [6, 6.07) is 7.08. The third-order valence-corrected chi connectivity index (χ3v) is 5.24. The molecule has 0 unspecified atom stereocenters. The van der Waals surface area contributed by atoms with E-state index in [1.54, 1.807) is 6.07 Å². The molecule has 0 saturated heterocycles. The monoisotopic (exact) mass is 374 g/mol. The van der Waals surface area contributed by atoms with Crippen molar-refractivity contribution in [3.8, 4) is 11.5 Å². The molecule has 0 atom stereocenters. The summed E-state index contributed by atoms with van der Waals surface area (Å²) in [7, 11) is 0. The van der Waals surface area contributed by atoms with Gasteiger partial charge in [0, 0.05) is 17.8 Å². The summed E-state index contributed by atoms with van der Waals surface area (Å²) >= 11 is 0. The Morgan fingerprint density at radius 2 is 1.81 bits per heavy atom. The molecule has 3 nitrogen and oxygen atoms in total. The Labute approximate surface area is 155 Å². The summed E-state index contributed by atoms with van der Waals surface area (Å²) in [4.78, 5) is 8.45. The van der Waals surface area contributed by atoms with Crippen LogP contribution in [0.1, 0.15) is 62.8 Å². The maximum absolute atomic E-state index is 13.5. The van der Waals surface area contributed by atoms with E-state index in [4.69, 9.17) is 4.42 Å². The zero-order valence-electron chi connectivity index (χ0n) is 15.5. The second-order valence-electron chi connectivity index (χ2n) is 8.23. The fourth-order valence-electron chi connectivity index (χ4n) is 3.31. The number of oxazole rings is 1. The minimum absolute atomic E-state index is 0.00800. The molecule has 0 amide bonds. The second kappa shape index (κ2) is 6.08. The van der Waals surface area contributed by atoms with Crippen molar-refractivity contribution in [1.82, 2.24) is 9.97 Å². The lowest BCUT2D eigenvalue weighted by atomic mass is 9.82. The highest BCUT2D eigenvalue weighted by Gasteiger charge is 2.36. The summed E-state index contributed by atoms with van der Waals surface area (Å²) in [5.41, 5.74) is 1.85. The third-order valence-electron chi connectivity index (χ3n) is 5.24. The summed E-state index contributed by atoms with van der Waals surface area (Å²) in [6.07, 6.45) is -0.599. The Bertz CT molecular complexity index is 995. The van der Waals surface area contributed by atoms with Crippen molar-refractivity contribution in [2.45, 2.75) is 57.5 Å². The third kappa shape index (κ3) is 3.33. The van der Waals surface area contributed by atoms with Crippen molar-refractivity contribution < 1.29 is 17.6 Å². The van der Waals surface area contributed by atoms with Gasteiger partial charge in [-0.1, -0.05) is 33.3 Å². The number of nitrogens with zero attached hydrogens (tertiary/aromatic N) is 2. The van der Waals surface area contributed by atoms with Crippen LogP contribution in [-0.4, -0.2) is 9.97 Å². The lowest BCUT2D eigenvalue weighted by molar-refractivity contribution is -0.137. The van der Waals surface area contributed by atoms with E-state index in [9.17, 15) is 13.2 Å². The van der Waals surface area contributed by atoms with Crippen LogP contribution in [0.15, 0.2) is 34.9 Å². The molecule has 6 heteroatoms. The standard InChI is InChI=1S/C21H21F3N2O/c1-20(2,3)13-7-8-18-17(9-13)26-19(27-18)14-10-16(12-5-4-6-12)25-11-15(14)21(22,23)24/h7-12H,4-6H2,1-3H3. The molecule has 1 saturated carbocycles. The van der Waals surface area contributed by atoms with Crippen molar-refractivity contribution >= 4 is 11.1 Å². The molecule has 0 radical (unpaired) electrons. The number of fused-ring (bicyclic) bond motifs is 1. The quantitative estimate of drug-likeness (QED) is 0.516. The summed E-state index contributed by atoms with van der Waals surface area (Å²) in [5, 5.41) is 0. The number of rotatable bonds is 2. The van der Waals surface area contributed by atoms with Crippen molar-refractivity contribution in [3.63, 3.8) is 0 Å². The number of hydrogen-bond donors (Lipinski definition) is 0. The number of hydrogen-bond acceptors (Lipinski definition) is 3. The summed E-state index contributed by atoms with van der Waals surface area (Å²) < 4.78 is 46.3. The van der Waals surface area contributed by atoms with Gasteiger partial charge in [-0.3, -0.25) is 4.98 Å². The van der Waals surface area contributed by atoms with Crippen molar-refractivity contribution in [2.24, 2.45) is 0 Å². The van der Waals surface area contributed by atoms with Gasteiger partial charge in [-0.05, 0) is 42.0 Å². The molecule has 0 spiro atoms. The molecular weight excluding hydrogens is 353 g/mol. The van der Waals surface area contributed by atoms with Gasteiger partial charge in [-0.2, -0.15) is 13.2 Å². The van der Waals surface area contributed by atoms with E-state index in [2.05, 4.69) is 30.7 Å². The maximum Gasteiger partial charge on any atom is 0.418 e. The van der Waals surface area contributed by atoms with Crippen LogP contribution in [-0.2, 0) is 11.6 Å². The second-order valence-corrected chi connectivity index (χ2v) is 8.23. The number of pyridine rings is 1. The van der Waals surface area contributed by atoms with Crippen LogP contribution < -0.4 is 0 Å². The molecule has 2 aromatic heterocycles. The molecule has 0 aliphatic heterocycles. The number of halogens is 3. The van der Waals surface area contributed by atoms with Gasteiger partial charge in [0.05, 0.1) is 11.1 Å². The molecule has 3 aromatic rings. The number of benzene rings is 1. The van der Waals surface area contributed by atoms with E-state index in [0.29, 0.717) is 16.8 Å². The van der Waals surface area contributed by atoms with Crippen LogP contribution in [0.25, 0.3) is 22.6 Å².